The van der Waals surface area contributed by atoms with E-state index in [0.29, 0.717) is 0 Å². The van der Waals surface area contributed by atoms with E-state index in [-0.39, 0.29) is 17.1 Å². The monoisotopic (exact) mass is 175 g/mol. The minimum absolute atomic E-state index is 0. The Labute approximate surface area is 63.5 Å². The molecule has 0 aromatic rings. The minimum Gasteiger partial charge on any atom is -0.480 e. The zero-order valence-electron chi connectivity index (χ0n) is 4.89. The van der Waals surface area contributed by atoms with E-state index >= 15 is 0 Å². The SMILES string of the molecule is CC(O)C(N)C(=O)O.[Fe]. The van der Waals surface area contributed by atoms with Gasteiger partial charge in [-0.25, -0.2) is 0 Å². The van der Waals surface area contributed by atoms with E-state index in [1.165, 1.54) is 6.92 Å². The Bertz CT molecular complexity index is 95.8. The van der Waals surface area contributed by atoms with Crippen molar-refractivity contribution < 1.29 is 32.1 Å². The Kier molecular flexibility index (Phi) is 6.17. The second-order valence-electron chi connectivity index (χ2n) is 1.60. The molecule has 0 aromatic heterocycles. The van der Waals surface area contributed by atoms with Crippen molar-refractivity contribution in [3.8, 4) is 0 Å². The van der Waals surface area contributed by atoms with E-state index in [9.17, 15) is 4.79 Å². The predicted octanol–water partition coefficient (Wildman–Crippen LogP) is -1.22. The molecule has 2 atom stereocenters. The molecule has 0 fully saturated rings. The Balaban J connectivity index is 0. The van der Waals surface area contributed by atoms with Gasteiger partial charge in [0.1, 0.15) is 6.04 Å². The van der Waals surface area contributed by atoms with Crippen molar-refractivity contribution in [3.05, 3.63) is 0 Å². The molecule has 0 heterocycles. The van der Waals surface area contributed by atoms with E-state index in [2.05, 4.69) is 0 Å². The van der Waals surface area contributed by atoms with Crippen LogP contribution in [0.5, 0.6) is 0 Å². The molecule has 0 saturated carbocycles. The fourth-order valence-corrected chi connectivity index (χ4v) is 0.206. The molecule has 56 valence electrons. The number of rotatable bonds is 2. The predicted molar refractivity (Wildman–Crippen MR) is 27.3 cm³/mol. The molecule has 0 aliphatic carbocycles. The molecule has 2 unspecified atom stereocenters. The first-order valence-corrected chi connectivity index (χ1v) is 2.22. The van der Waals surface area contributed by atoms with Crippen molar-refractivity contribution in [2.75, 3.05) is 0 Å². The fraction of sp³-hybridized carbons (Fsp3) is 0.750. The van der Waals surface area contributed by atoms with Crippen molar-refractivity contribution in [1.82, 2.24) is 0 Å². The molecule has 0 saturated heterocycles. The Morgan fingerprint density at radius 2 is 2.00 bits per heavy atom. The van der Waals surface area contributed by atoms with Crippen LogP contribution in [0.1, 0.15) is 6.92 Å². The standard InChI is InChI=1S/C4H9NO3.Fe/c1-2(6)3(5)4(7)8;/h2-3,6H,5H2,1H3,(H,7,8);. The number of aliphatic hydroxyl groups excluding tert-OH is 1. The van der Waals surface area contributed by atoms with Crippen LogP contribution in [0.4, 0.5) is 0 Å². The van der Waals surface area contributed by atoms with Gasteiger partial charge in [0.15, 0.2) is 0 Å². The molecule has 0 bridgehead atoms. The number of nitrogens with two attached hydrogens (primary N) is 1. The summed E-state index contributed by atoms with van der Waals surface area (Å²) in [5, 5.41) is 16.6. The first-order chi connectivity index (χ1) is 3.55. The van der Waals surface area contributed by atoms with E-state index in [0.717, 1.165) is 0 Å². The quantitative estimate of drug-likeness (QED) is 0.459. The van der Waals surface area contributed by atoms with Crippen LogP contribution >= 0.6 is 0 Å². The summed E-state index contributed by atoms with van der Waals surface area (Å²) in [5.41, 5.74) is 4.91. The van der Waals surface area contributed by atoms with Gasteiger partial charge < -0.3 is 15.9 Å². The van der Waals surface area contributed by atoms with Crippen molar-refractivity contribution in [2.45, 2.75) is 19.1 Å². The molecule has 0 amide bonds. The van der Waals surface area contributed by atoms with Gasteiger partial charge in [0.05, 0.1) is 6.10 Å². The van der Waals surface area contributed by atoms with Gasteiger partial charge >= 0.3 is 5.97 Å². The molecule has 4 nitrogen and oxygen atoms in total. The molecule has 5 heteroatoms. The summed E-state index contributed by atoms with van der Waals surface area (Å²) in [6, 6.07) is -1.16. The second-order valence-corrected chi connectivity index (χ2v) is 1.60. The molecule has 0 spiro atoms. The average molecular weight is 175 g/mol. The normalized spacial score (nSPS) is 15.4. The van der Waals surface area contributed by atoms with Crippen molar-refractivity contribution in [2.24, 2.45) is 5.73 Å². The second kappa shape index (κ2) is 4.76. The Hall–Kier alpha value is -0.0905. The number of hydrogen-bond acceptors (Lipinski definition) is 3. The first-order valence-electron chi connectivity index (χ1n) is 2.22. The maximum atomic E-state index is 9.86. The first kappa shape index (κ1) is 11.7. The van der Waals surface area contributed by atoms with E-state index in [4.69, 9.17) is 15.9 Å². The third-order valence-electron chi connectivity index (χ3n) is 0.805. The summed E-state index contributed by atoms with van der Waals surface area (Å²) in [6.07, 6.45) is -0.979. The summed E-state index contributed by atoms with van der Waals surface area (Å²) in [5.74, 6) is -1.18. The molecule has 0 aliphatic rings. The zero-order chi connectivity index (χ0) is 6.73. The number of carbonyl (C=O) groups is 1. The van der Waals surface area contributed by atoms with Crippen molar-refractivity contribution >= 4 is 5.97 Å². The van der Waals surface area contributed by atoms with Gasteiger partial charge in [-0.05, 0) is 6.92 Å². The molecule has 0 aliphatic heterocycles. The Morgan fingerprint density at radius 1 is 1.67 bits per heavy atom. The van der Waals surface area contributed by atoms with Gasteiger partial charge in [-0.3, -0.25) is 4.79 Å². The molecule has 9 heavy (non-hydrogen) atoms. The zero-order valence-corrected chi connectivity index (χ0v) is 5.99. The molecular weight excluding hydrogens is 166 g/mol. The van der Waals surface area contributed by atoms with Crippen molar-refractivity contribution in [3.63, 3.8) is 0 Å². The summed E-state index contributed by atoms with van der Waals surface area (Å²) < 4.78 is 0. The molecule has 0 radical (unpaired) electrons. The van der Waals surface area contributed by atoms with Crippen LogP contribution < -0.4 is 5.73 Å². The molecule has 0 aromatic carbocycles. The third kappa shape index (κ3) is 4.42. The van der Waals surface area contributed by atoms with Crippen LogP contribution in [0.15, 0.2) is 0 Å². The Morgan fingerprint density at radius 3 is 2.00 bits per heavy atom. The summed E-state index contributed by atoms with van der Waals surface area (Å²) in [4.78, 5) is 9.86. The van der Waals surface area contributed by atoms with Crippen LogP contribution in [-0.4, -0.2) is 28.3 Å². The van der Waals surface area contributed by atoms with Gasteiger partial charge in [0.25, 0.3) is 0 Å². The van der Waals surface area contributed by atoms with Crippen LogP contribution in [-0.2, 0) is 21.9 Å². The molecule has 0 rings (SSSR count). The molecular formula is C4H9FeNO3. The molecule has 4 N–H and O–H groups in total. The number of aliphatic carboxylic acids is 1. The van der Waals surface area contributed by atoms with Crippen LogP contribution in [0, 0.1) is 0 Å². The van der Waals surface area contributed by atoms with E-state index < -0.39 is 18.1 Å². The van der Waals surface area contributed by atoms with Crippen molar-refractivity contribution in [1.29, 1.82) is 0 Å². The number of carboxylic acids is 1. The van der Waals surface area contributed by atoms with Gasteiger partial charge in [0.2, 0.25) is 0 Å². The van der Waals surface area contributed by atoms with E-state index in [1.807, 2.05) is 0 Å². The smallest absolute Gasteiger partial charge is 0.323 e. The maximum absolute atomic E-state index is 9.86. The van der Waals surface area contributed by atoms with Gasteiger partial charge in [0, 0.05) is 17.1 Å². The fourth-order valence-electron chi connectivity index (χ4n) is 0.206. The van der Waals surface area contributed by atoms with Gasteiger partial charge in [-0.2, -0.15) is 0 Å². The third-order valence-corrected chi connectivity index (χ3v) is 0.805. The summed E-state index contributed by atoms with van der Waals surface area (Å²) in [7, 11) is 0. The van der Waals surface area contributed by atoms with Crippen LogP contribution in [0.25, 0.3) is 0 Å². The van der Waals surface area contributed by atoms with Crippen LogP contribution in [0.3, 0.4) is 0 Å². The van der Waals surface area contributed by atoms with Gasteiger partial charge in [-0.1, -0.05) is 0 Å². The number of carboxylic acid groups (broad SMARTS) is 1. The topological polar surface area (TPSA) is 83.5 Å². The average Bonchev–Trinajstić information content (AvgIpc) is 1.64. The number of aliphatic hydroxyl groups is 1. The maximum Gasteiger partial charge on any atom is 0.323 e. The van der Waals surface area contributed by atoms with E-state index in [1.54, 1.807) is 0 Å². The summed E-state index contributed by atoms with van der Waals surface area (Å²) in [6.45, 7) is 1.33. The largest absolute Gasteiger partial charge is 0.480 e. The van der Waals surface area contributed by atoms with Gasteiger partial charge in [-0.15, -0.1) is 0 Å². The summed E-state index contributed by atoms with van der Waals surface area (Å²) >= 11 is 0. The number of hydrogen-bond donors (Lipinski definition) is 3. The minimum atomic E-state index is -1.18. The van der Waals surface area contributed by atoms with Crippen LogP contribution in [0.2, 0.25) is 0 Å².